The van der Waals surface area contributed by atoms with Crippen LogP contribution in [0.4, 0.5) is 4.39 Å². The number of hydrogen-bond donors (Lipinski definition) is 1. The zero-order valence-corrected chi connectivity index (χ0v) is 13.1. The van der Waals surface area contributed by atoms with Crippen LogP contribution in [-0.4, -0.2) is 36.2 Å². The molecule has 1 aromatic carbocycles. The number of nitrogens with zero attached hydrogens (tertiary/aromatic N) is 1. The number of aliphatic hydroxyl groups is 1. The van der Waals surface area contributed by atoms with Gasteiger partial charge in [0.2, 0.25) is 0 Å². The minimum Gasteiger partial charge on any atom is -0.389 e. The molecule has 114 valence electrons. The van der Waals surface area contributed by atoms with Crippen molar-refractivity contribution in [2.45, 2.75) is 37.7 Å². The first-order chi connectivity index (χ1) is 9.01. The third kappa shape index (κ3) is 4.18. The monoisotopic (exact) mass is 301 g/mol. The summed E-state index contributed by atoms with van der Waals surface area (Å²) in [5.74, 6) is 0.0868. The molecule has 0 bridgehead atoms. The van der Waals surface area contributed by atoms with Crippen molar-refractivity contribution in [3.63, 3.8) is 0 Å². The van der Waals surface area contributed by atoms with Gasteiger partial charge in [0.1, 0.15) is 5.82 Å². The van der Waals surface area contributed by atoms with Crippen LogP contribution in [0.2, 0.25) is 0 Å². The highest BCUT2D eigenvalue weighted by molar-refractivity contribution is 5.85. The Morgan fingerprint density at radius 2 is 2.05 bits per heavy atom. The second-order valence-electron chi connectivity index (χ2n) is 6.05. The van der Waals surface area contributed by atoms with E-state index in [2.05, 4.69) is 4.90 Å². The van der Waals surface area contributed by atoms with Crippen LogP contribution in [0.5, 0.6) is 0 Å². The Morgan fingerprint density at radius 3 is 2.70 bits per heavy atom. The lowest BCUT2D eigenvalue weighted by Crippen LogP contribution is -2.37. The van der Waals surface area contributed by atoms with E-state index in [-0.39, 0.29) is 24.1 Å². The maximum atomic E-state index is 13.7. The Morgan fingerprint density at radius 1 is 1.35 bits per heavy atom. The smallest absolute Gasteiger partial charge is 0.126 e. The van der Waals surface area contributed by atoms with Gasteiger partial charge in [-0.2, -0.15) is 0 Å². The summed E-state index contributed by atoms with van der Waals surface area (Å²) in [4.78, 5) is 2.14. The highest BCUT2D eigenvalue weighted by Gasteiger charge is 2.41. The first kappa shape index (κ1) is 17.4. The van der Waals surface area contributed by atoms with Crippen molar-refractivity contribution in [1.82, 2.24) is 4.90 Å². The van der Waals surface area contributed by atoms with Crippen LogP contribution in [0, 0.1) is 11.7 Å². The van der Waals surface area contributed by atoms with E-state index in [0.717, 1.165) is 32.2 Å². The molecule has 0 saturated heterocycles. The third-order valence-corrected chi connectivity index (χ3v) is 4.30. The number of rotatable bonds is 5. The molecule has 1 saturated carbocycles. The molecule has 0 radical (unpaired) electrons. The molecule has 2 atom stereocenters. The van der Waals surface area contributed by atoms with Crippen LogP contribution < -0.4 is 0 Å². The van der Waals surface area contributed by atoms with E-state index >= 15 is 0 Å². The van der Waals surface area contributed by atoms with Gasteiger partial charge in [-0.05, 0) is 57.5 Å². The lowest BCUT2D eigenvalue weighted by molar-refractivity contribution is -0.00298. The fourth-order valence-electron chi connectivity index (χ4n) is 3.16. The molecule has 2 nitrogen and oxygen atoms in total. The summed E-state index contributed by atoms with van der Waals surface area (Å²) < 4.78 is 13.7. The summed E-state index contributed by atoms with van der Waals surface area (Å²) in [5, 5.41) is 10.9. The Bertz CT molecular complexity index is 427. The average molecular weight is 302 g/mol. The van der Waals surface area contributed by atoms with Gasteiger partial charge < -0.3 is 10.0 Å². The molecule has 2 rings (SSSR count). The van der Waals surface area contributed by atoms with Crippen LogP contribution in [0.25, 0.3) is 0 Å². The maximum absolute atomic E-state index is 13.7. The maximum Gasteiger partial charge on any atom is 0.126 e. The minimum absolute atomic E-state index is 0. The lowest BCUT2D eigenvalue weighted by Gasteiger charge is -2.31. The average Bonchev–Trinajstić information content (AvgIpc) is 2.71. The first-order valence-corrected chi connectivity index (χ1v) is 7.12. The molecule has 4 heteroatoms. The Hall–Kier alpha value is -0.640. The van der Waals surface area contributed by atoms with Gasteiger partial charge in [0, 0.05) is 6.42 Å². The molecule has 0 spiro atoms. The van der Waals surface area contributed by atoms with E-state index in [0.29, 0.717) is 12.0 Å². The van der Waals surface area contributed by atoms with Gasteiger partial charge in [0.05, 0.1) is 5.60 Å². The molecule has 1 fully saturated rings. The van der Waals surface area contributed by atoms with Gasteiger partial charge in [-0.25, -0.2) is 4.39 Å². The van der Waals surface area contributed by atoms with Crippen molar-refractivity contribution in [2.24, 2.45) is 5.92 Å². The molecule has 0 amide bonds. The van der Waals surface area contributed by atoms with Crippen molar-refractivity contribution in [1.29, 1.82) is 0 Å². The van der Waals surface area contributed by atoms with E-state index in [1.807, 2.05) is 20.2 Å². The summed E-state index contributed by atoms with van der Waals surface area (Å²) in [6, 6.07) is 6.80. The number of hydrogen-bond acceptors (Lipinski definition) is 2. The highest BCUT2D eigenvalue weighted by atomic mass is 35.5. The van der Waals surface area contributed by atoms with Crippen molar-refractivity contribution >= 4 is 12.4 Å². The van der Waals surface area contributed by atoms with Crippen LogP contribution in [-0.2, 0) is 6.42 Å². The SMILES string of the molecule is CN(C)CC[C@@H]1CCC[C@]1(O)Cc1ccccc1F.Cl. The number of benzene rings is 1. The van der Waals surface area contributed by atoms with Crippen LogP contribution >= 0.6 is 12.4 Å². The zero-order valence-electron chi connectivity index (χ0n) is 12.3. The second-order valence-corrected chi connectivity index (χ2v) is 6.05. The fourth-order valence-corrected chi connectivity index (χ4v) is 3.16. The standard InChI is InChI=1S/C16H24FNO.ClH/c1-18(2)11-9-14-7-5-10-16(14,19)12-13-6-3-4-8-15(13)17;/h3-4,6,8,14,19H,5,7,9-12H2,1-2H3;1H/t14-,16-;/m0./s1. The molecule has 0 aliphatic heterocycles. The van der Waals surface area contributed by atoms with Gasteiger partial charge in [0.25, 0.3) is 0 Å². The quantitative estimate of drug-likeness (QED) is 0.902. The van der Waals surface area contributed by atoms with Gasteiger partial charge in [-0.3, -0.25) is 0 Å². The van der Waals surface area contributed by atoms with Crippen molar-refractivity contribution in [2.75, 3.05) is 20.6 Å². The lowest BCUT2D eigenvalue weighted by atomic mass is 9.83. The Kier molecular flexibility index (Phi) is 6.44. The molecule has 20 heavy (non-hydrogen) atoms. The number of halogens is 2. The summed E-state index contributed by atoms with van der Waals surface area (Å²) in [7, 11) is 4.09. The zero-order chi connectivity index (χ0) is 13.9. The normalized spacial score (nSPS) is 25.8. The molecular formula is C16H25ClFNO. The van der Waals surface area contributed by atoms with E-state index in [1.54, 1.807) is 12.1 Å². The van der Waals surface area contributed by atoms with Crippen LogP contribution in [0.15, 0.2) is 24.3 Å². The molecule has 0 unspecified atom stereocenters. The Balaban J connectivity index is 0.00000200. The molecule has 1 N–H and O–H groups in total. The third-order valence-electron chi connectivity index (χ3n) is 4.30. The van der Waals surface area contributed by atoms with Crippen molar-refractivity contribution in [3.8, 4) is 0 Å². The molecule has 0 heterocycles. The fraction of sp³-hybridized carbons (Fsp3) is 0.625. The van der Waals surface area contributed by atoms with E-state index in [9.17, 15) is 9.50 Å². The second kappa shape index (κ2) is 7.39. The summed E-state index contributed by atoms with van der Waals surface area (Å²) >= 11 is 0. The van der Waals surface area contributed by atoms with Crippen LogP contribution in [0.1, 0.15) is 31.2 Å². The van der Waals surface area contributed by atoms with Gasteiger partial charge in [0.15, 0.2) is 0 Å². The summed E-state index contributed by atoms with van der Waals surface area (Å²) in [6.45, 7) is 0.976. The largest absolute Gasteiger partial charge is 0.389 e. The minimum atomic E-state index is -0.724. The van der Waals surface area contributed by atoms with Crippen molar-refractivity contribution < 1.29 is 9.50 Å². The van der Waals surface area contributed by atoms with Crippen LogP contribution in [0.3, 0.4) is 0 Å². The first-order valence-electron chi connectivity index (χ1n) is 7.12. The molecule has 1 aliphatic rings. The molecular weight excluding hydrogens is 277 g/mol. The Labute approximate surface area is 127 Å². The van der Waals surface area contributed by atoms with Gasteiger partial charge in [-0.1, -0.05) is 24.6 Å². The van der Waals surface area contributed by atoms with Gasteiger partial charge in [-0.15, -0.1) is 12.4 Å². The van der Waals surface area contributed by atoms with Gasteiger partial charge >= 0.3 is 0 Å². The predicted molar refractivity (Wildman–Crippen MR) is 82.8 cm³/mol. The van der Waals surface area contributed by atoms with E-state index < -0.39 is 5.60 Å². The summed E-state index contributed by atoms with van der Waals surface area (Å²) in [6.07, 6.45) is 4.32. The van der Waals surface area contributed by atoms with E-state index in [1.165, 1.54) is 6.07 Å². The molecule has 1 aliphatic carbocycles. The summed E-state index contributed by atoms with van der Waals surface area (Å²) in [5.41, 5.74) is -0.0835. The topological polar surface area (TPSA) is 23.5 Å². The predicted octanol–water partition coefficient (Wildman–Crippen LogP) is 3.27. The highest BCUT2D eigenvalue weighted by Crippen LogP contribution is 2.40. The van der Waals surface area contributed by atoms with Crippen molar-refractivity contribution in [3.05, 3.63) is 35.6 Å². The van der Waals surface area contributed by atoms with E-state index in [4.69, 9.17) is 0 Å². The molecule has 0 aromatic heterocycles. The molecule has 1 aromatic rings.